The molecule has 2 aromatic rings. The van der Waals surface area contributed by atoms with Crippen LogP contribution in [0.25, 0.3) is 0 Å². The van der Waals surface area contributed by atoms with Crippen LogP contribution in [0.4, 0.5) is 0 Å². The number of aromatic nitrogens is 1. The molecule has 128 valence electrons. The molecule has 0 spiro atoms. The van der Waals surface area contributed by atoms with Crippen molar-refractivity contribution < 1.29 is 20.1 Å². The Hall–Kier alpha value is -1.67. The maximum Gasteiger partial charge on any atom is 0.307 e. The second-order valence-corrected chi connectivity index (χ2v) is 8.99. The van der Waals surface area contributed by atoms with Crippen molar-refractivity contribution in [3.63, 3.8) is 0 Å². The summed E-state index contributed by atoms with van der Waals surface area (Å²) in [7, 11) is 0. The van der Waals surface area contributed by atoms with Gasteiger partial charge in [-0.3, -0.25) is 9.78 Å². The van der Waals surface area contributed by atoms with Crippen LogP contribution in [0.2, 0.25) is 0 Å². The molecule has 0 amide bonds. The summed E-state index contributed by atoms with van der Waals surface area (Å²) in [6.45, 7) is 9.51. The topological polar surface area (TPSA) is 103 Å². The number of rotatable bonds is 4. The molecular weight excluding hydrogens is 338 g/mol. The Kier molecular flexibility index (Phi) is 4.42. The van der Waals surface area contributed by atoms with E-state index in [1.807, 2.05) is 34.6 Å². The summed E-state index contributed by atoms with van der Waals surface area (Å²) in [6.07, 6.45) is 0. The molecule has 6 nitrogen and oxygen atoms in total. The van der Waals surface area contributed by atoms with Crippen LogP contribution in [0.3, 0.4) is 0 Å². The second-order valence-electron chi connectivity index (χ2n) is 7.03. The first-order valence-corrected chi connectivity index (χ1v) is 8.67. The van der Waals surface area contributed by atoms with E-state index in [1.54, 1.807) is 0 Å². The third-order valence-corrected chi connectivity index (χ3v) is 5.41. The molecule has 0 unspecified atom stereocenters. The van der Waals surface area contributed by atoms with Gasteiger partial charge in [0.15, 0.2) is 10.8 Å². The van der Waals surface area contributed by atoms with Crippen molar-refractivity contribution in [1.29, 1.82) is 0 Å². The minimum absolute atomic E-state index is 0.0250. The van der Waals surface area contributed by atoms with E-state index in [9.17, 15) is 20.1 Å². The van der Waals surface area contributed by atoms with Crippen molar-refractivity contribution in [1.82, 2.24) is 4.98 Å². The lowest BCUT2D eigenvalue weighted by molar-refractivity contribution is 0.227. The third-order valence-electron chi connectivity index (χ3n) is 3.40. The first-order chi connectivity index (χ1) is 10.4. The summed E-state index contributed by atoms with van der Waals surface area (Å²) in [5, 5.41) is 29.8. The summed E-state index contributed by atoms with van der Waals surface area (Å²) >= 11 is 1.78. The van der Waals surface area contributed by atoms with Crippen molar-refractivity contribution in [2.24, 2.45) is 0 Å². The molecular formula is C15H21NO5S2. The van der Waals surface area contributed by atoms with E-state index < -0.39 is 10.8 Å². The van der Waals surface area contributed by atoms with Crippen LogP contribution >= 0.6 is 22.7 Å². The predicted octanol–water partition coefficient (Wildman–Crippen LogP) is 3.27. The molecule has 2 aromatic heterocycles. The van der Waals surface area contributed by atoms with E-state index in [4.69, 9.17) is 4.74 Å². The van der Waals surface area contributed by atoms with Crippen molar-refractivity contribution >= 4 is 22.7 Å². The van der Waals surface area contributed by atoms with E-state index in [-0.39, 0.29) is 33.2 Å². The average molecular weight is 359 g/mol. The summed E-state index contributed by atoms with van der Waals surface area (Å²) < 4.78 is 5.78. The molecule has 2 rings (SSSR count). The van der Waals surface area contributed by atoms with Gasteiger partial charge in [0.1, 0.15) is 0 Å². The zero-order valence-corrected chi connectivity index (χ0v) is 15.3. The second kappa shape index (κ2) is 5.76. The normalized spacial score (nSPS) is 12.6. The number of nitrogens with one attached hydrogen (secondary N) is 1. The van der Waals surface area contributed by atoms with E-state index in [1.165, 1.54) is 0 Å². The Labute approximate surface area is 142 Å². The fourth-order valence-electron chi connectivity index (χ4n) is 2.29. The van der Waals surface area contributed by atoms with Crippen molar-refractivity contribution in [2.45, 2.75) is 45.4 Å². The lowest BCUT2D eigenvalue weighted by Gasteiger charge is -2.25. The quantitative estimate of drug-likeness (QED) is 0.671. The van der Waals surface area contributed by atoms with E-state index in [0.29, 0.717) is 10.4 Å². The van der Waals surface area contributed by atoms with Crippen LogP contribution < -0.4 is 9.61 Å². The van der Waals surface area contributed by atoms with Crippen LogP contribution in [0.1, 0.15) is 45.1 Å². The Bertz CT molecular complexity index is 764. The van der Waals surface area contributed by atoms with Crippen LogP contribution in [-0.4, -0.2) is 26.9 Å². The lowest BCUT2D eigenvalue weighted by Crippen LogP contribution is -2.26. The van der Waals surface area contributed by atoms with Gasteiger partial charge in [-0.15, -0.1) is 0 Å². The Balaban J connectivity index is 2.31. The van der Waals surface area contributed by atoms with Crippen LogP contribution in [0.5, 0.6) is 21.8 Å². The number of ether oxygens (including phenoxy) is 1. The molecule has 23 heavy (non-hydrogen) atoms. The minimum Gasteiger partial charge on any atom is -0.499 e. The van der Waals surface area contributed by atoms with Gasteiger partial charge in [-0.05, 0) is 5.41 Å². The zero-order valence-electron chi connectivity index (χ0n) is 13.7. The Morgan fingerprint density at radius 2 is 1.65 bits per heavy atom. The molecule has 2 heterocycles. The van der Waals surface area contributed by atoms with Crippen LogP contribution in [0, 0.1) is 0 Å². The smallest absolute Gasteiger partial charge is 0.307 e. The van der Waals surface area contributed by atoms with Crippen LogP contribution in [-0.2, 0) is 10.8 Å². The number of thiazole rings is 1. The molecule has 0 saturated carbocycles. The van der Waals surface area contributed by atoms with Gasteiger partial charge in [0.2, 0.25) is 10.9 Å². The van der Waals surface area contributed by atoms with Gasteiger partial charge in [-0.25, -0.2) is 0 Å². The number of hydrogen-bond acceptors (Lipinski definition) is 7. The zero-order chi connectivity index (χ0) is 17.6. The fourth-order valence-corrected chi connectivity index (χ4v) is 4.04. The predicted molar refractivity (Wildman–Crippen MR) is 91.5 cm³/mol. The van der Waals surface area contributed by atoms with Gasteiger partial charge in [0, 0.05) is 5.41 Å². The van der Waals surface area contributed by atoms with Gasteiger partial charge in [0.05, 0.1) is 17.0 Å². The number of aromatic amines is 1. The van der Waals surface area contributed by atoms with E-state index >= 15 is 0 Å². The molecule has 4 N–H and O–H groups in total. The lowest BCUT2D eigenvalue weighted by atomic mass is 9.88. The fraction of sp³-hybridized carbons (Fsp3) is 0.533. The van der Waals surface area contributed by atoms with Gasteiger partial charge in [-0.1, -0.05) is 57.3 Å². The van der Waals surface area contributed by atoms with Crippen molar-refractivity contribution in [3.8, 4) is 21.8 Å². The van der Waals surface area contributed by atoms with Crippen molar-refractivity contribution in [2.75, 3.05) is 6.61 Å². The molecule has 0 aliphatic carbocycles. The molecule has 0 aromatic carbocycles. The highest BCUT2D eigenvalue weighted by atomic mass is 32.1. The molecule has 0 radical (unpaired) electrons. The van der Waals surface area contributed by atoms with E-state index in [0.717, 1.165) is 22.7 Å². The molecule has 0 saturated heterocycles. The molecule has 0 aliphatic rings. The maximum absolute atomic E-state index is 11.4. The Morgan fingerprint density at radius 1 is 1.04 bits per heavy atom. The van der Waals surface area contributed by atoms with Crippen LogP contribution in [0.15, 0.2) is 4.79 Å². The molecule has 0 fully saturated rings. The average Bonchev–Trinajstić information content (AvgIpc) is 2.85. The van der Waals surface area contributed by atoms with Crippen molar-refractivity contribution in [3.05, 3.63) is 20.1 Å². The van der Waals surface area contributed by atoms with E-state index in [2.05, 4.69) is 4.98 Å². The standard InChI is InChI=1S/C15H21NO5S2/c1-14(2,3)7-8(12(19)23-11(7)18)21-6-15(4,5)9-10(17)16-13(20)22-9/h17-19H,6H2,1-5H3,(H,16,20). The SMILES string of the molecule is CC(C)(C)c1c(O)sc(O)c1OCC(C)(C)c1sc(=O)[nH]c1O. The van der Waals surface area contributed by atoms with Gasteiger partial charge in [0.25, 0.3) is 0 Å². The van der Waals surface area contributed by atoms with Gasteiger partial charge >= 0.3 is 4.87 Å². The summed E-state index contributed by atoms with van der Waals surface area (Å²) in [5.74, 6) is 0.0810. The summed E-state index contributed by atoms with van der Waals surface area (Å²) in [6, 6.07) is 0. The largest absolute Gasteiger partial charge is 0.499 e. The number of hydrogen-bond donors (Lipinski definition) is 4. The first-order valence-electron chi connectivity index (χ1n) is 7.04. The molecule has 0 aliphatic heterocycles. The molecule has 8 heteroatoms. The Morgan fingerprint density at radius 3 is 2.13 bits per heavy atom. The molecule has 0 atom stereocenters. The summed E-state index contributed by atoms with van der Waals surface area (Å²) in [5.41, 5.74) is -0.503. The first kappa shape index (κ1) is 17.7. The minimum atomic E-state index is -0.646. The maximum atomic E-state index is 11.4. The summed E-state index contributed by atoms with van der Waals surface area (Å²) in [4.78, 5) is 13.9. The number of thiophene rings is 1. The number of aromatic hydroxyl groups is 3. The highest BCUT2D eigenvalue weighted by Crippen LogP contribution is 2.51. The highest BCUT2D eigenvalue weighted by molar-refractivity contribution is 7.16. The third kappa shape index (κ3) is 3.48. The number of H-pyrrole nitrogens is 1. The van der Waals surface area contributed by atoms with Gasteiger partial charge in [-0.2, -0.15) is 0 Å². The highest BCUT2D eigenvalue weighted by Gasteiger charge is 2.33. The molecule has 0 bridgehead atoms. The van der Waals surface area contributed by atoms with Gasteiger partial charge < -0.3 is 20.1 Å². The monoisotopic (exact) mass is 359 g/mol.